The lowest BCUT2D eigenvalue weighted by Crippen LogP contribution is -2.33. The van der Waals surface area contributed by atoms with E-state index in [1.807, 2.05) is 18.2 Å². The number of aromatic carboxylic acids is 1. The van der Waals surface area contributed by atoms with Gasteiger partial charge in [0.25, 0.3) is 5.91 Å². The highest BCUT2D eigenvalue weighted by molar-refractivity contribution is 5.96. The number of rotatable bonds is 5. The van der Waals surface area contributed by atoms with Crippen LogP contribution in [0.4, 0.5) is 0 Å². The van der Waals surface area contributed by atoms with Crippen molar-refractivity contribution in [3.8, 4) is 5.69 Å². The van der Waals surface area contributed by atoms with Crippen molar-refractivity contribution in [2.24, 2.45) is 5.92 Å². The number of amides is 1. The molecule has 0 saturated carbocycles. The maximum absolute atomic E-state index is 12.8. The van der Waals surface area contributed by atoms with Crippen molar-refractivity contribution in [3.05, 3.63) is 47.8 Å². The lowest BCUT2D eigenvalue weighted by Gasteiger charge is -2.20. The van der Waals surface area contributed by atoms with Crippen LogP contribution in [0.5, 0.6) is 0 Å². The molecule has 2 aromatic rings. The molecule has 0 radical (unpaired) electrons. The van der Waals surface area contributed by atoms with Gasteiger partial charge in [-0.2, -0.15) is 5.10 Å². The second-order valence-corrected chi connectivity index (χ2v) is 5.88. The van der Waals surface area contributed by atoms with Crippen LogP contribution in [0, 0.1) is 5.92 Å². The number of carboxylic acids is 1. The molecule has 1 fully saturated rings. The smallest absolute Gasteiger partial charge is 0.356 e. The Morgan fingerprint density at radius 2 is 2.12 bits per heavy atom. The topological polar surface area (TPSA) is 84.7 Å². The van der Waals surface area contributed by atoms with E-state index in [4.69, 9.17) is 4.74 Å². The molecule has 1 aromatic heterocycles. The third-order valence-corrected chi connectivity index (χ3v) is 4.05. The molecule has 126 valence electrons. The maximum atomic E-state index is 12.8. The molecule has 1 atom stereocenters. The second-order valence-electron chi connectivity index (χ2n) is 5.88. The zero-order valence-corrected chi connectivity index (χ0v) is 13.4. The molecule has 0 aliphatic carbocycles. The summed E-state index contributed by atoms with van der Waals surface area (Å²) in [6.45, 7) is 1.94. The Labute approximate surface area is 139 Å². The summed E-state index contributed by atoms with van der Waals surface area (Å²) in [5.41, 5.74) is 0.728. The molecule has 0 spiro atoms. The third-order valence-electron chi connectivity index (χ3n) is 4.05. The van der Waals surface area contributed by atoms with Crippen LogP contribution >= 0.6 is 0 Å². The van der Waals surface area contributed by atoms with E-state index in [1.54, 1.807) is 24.1 Å². The molecular weight excluding hydrogens is 310 g/mol. The molecule has 7 heteroatoms. The van der Waals surface area contributed by atoms with Gasteiger partial charge in [-0.25, -0.2) is 9.48 Å². The number of ether oxygens (including phenoxy) is 1. The Balaban J connectivity index is 1.90. The third kappa shape index (κ3) is 3.30. The fraction of sp³-hybridized carbons (Fsp3) is 0.353. The zero-order chi connectivity index (χ0) is 17.1. The van der Waals surface area contributed by atoms with Gasteiger partial charge in [0.1, 0.15) is 5.69 Å². The highest BCUT2D eigenvalue weighted by Gasteiger charge is 2.25. The number of carbonyl (C=O) groups is 2. The summed E-state index contributed by atoms with van der Waals surface area (Å²) >= 11 is 0. The molecule has 3 rings (SSSR count). The summed E-state index contributed by atoms with van der Waals surface area (Å²) in [5.74, 6) is -1.11. The number of nitrogens with zero attached hydrogens (tertiary/aromatic N) is 3. The SMILES string of the molecule is CN(C[C@H]1CCOC1)C(=O)c1cc(C(=O)O)nn1-c1ccccc1. The first-order chi connectivity index (χ1) is 11.6. The number of hydrogen-bond donors (Lipinski definition) is 1. The Morgan fingerprint density at radius 1 is 1.38 bits per heavy atom. The molecule has 1 N–H and O–H groups in total. The van der Waals surface area contributed by atoms with E-state index >= 15 is 0 Å². The first-order valence-corrected chi connectivity index (χ1v) is 7.78. The predicted molar refractivity (Wildman–Crippen MR) is 86.4 cm³/mol. The average molecular weight is 329 g/mol. The number of para-hydroxylation sites is 1. The van der Waals surface area contributed by atoms with Gasteiger partial charge >= 0.3 is 5.97 Å². The van der Waals surface area contributed by atoms with Crippen molar-refractivity contribution >= 4 is 11.9 Å². The Bertz CT molecular complexity index is 736. The van der Waals surface area contributed by atoms with Gasteiger partial charge in [-0.05, 0) is 18.6 Å². The summed E-state index contributed by atoms with van der Waals surface area (Å²) in [4.78, 5) is 25.6. The van der Waals surface area contributed by atoms with Crippen molar-refractivity contribution in [3.63, 3.8) is 0 Å². The van der Waals surface area contributed by atoms with E-state index in [0.29, 0.717) is 24.8 Å². The molecular formula is C17H19N3O4. The zero-order valence-electron chi connectivity index (χ0n) is 13.4. The van der Waals surface area contributed by atoms with E-state index < -0.39 is 5.97 Å². The molecule has 0 bridgehead atoms. The lowest BCUT2D eigenvalue weighted by atomic mass is 10.1. The lowest BCUT2D eigenvalue weighted by molar-refractivity contribution is 0.0689. The van der Waals surface area contributed by atoms with Gasteiger partial charge < -0.3 is 14.7 Å². The highest BCUT2D eigenvalue weighted by atomic mass is 16.5. The molecule has 1 aliphatic rings. The summed E-state index contributed by atoms with van der Waals surface area (Å²) in [5, 5.41) is 13.3. The first kappa shape index (κ1) is 16.2. The molecule has 1 amide bonds. The van der Waals surface area contributed by atoms with Crippen LogP contribution in [-0.4, -0.2) is 58.5 Å². The number of aromatic nitrogens is 2. The quantitative estimate of drug-likeness (QED) is 0.902. The van der Waals surface area contributed by atoms with Gasteiger partial charge in [0.05, 0.1) is 12.3 Å². The van der Waals surface area contributed by atoms with Gasteiger partial charge in [-0.15, -0.1) is 0 Å². The van der Waals surface area contributed by atoms with Crippen LogP contribution in [0.15, 0.2) is 36.4 Å². The van der Waals surface area contributed by atoms with Crippen LogP contribution < -0.4 is 0 Å². The molecule has 0 unspecified atom stereocenters. The fourth-order valence-corrected chi connectivity index (χ4v) is 2.80. The monoisotopic (exact) mass is 329 g/mol. The van der Waals surface area contributed by atoms with E-state index in [1.165, 1.54) is 10.7 Å². The Morgan fingerprint density at radius 3 is 2.75 bits per heavy atom. The van der Waals surface area contributed by atoms with Crippen molar-refractivity contribution in [1.29, 1.82) is 0 Å². The Kier molecular flexibility index (Phi) is 4.61. The molecule has 7 nitrogen and oxygen atoms in total. The van der Waals surface area contributed by atoms with Crippen LogP contribution in [0.3, 0.4) is 0 Å². The molecule has 1 aromatic carbocycles. The minimum atomic E-state index is -1.16. The number of carbonyl (C=O) groups excluding carboxylic acids is 1. The second kappa shape index (κ2) is 6.84. The van der Waals surface area contributed by atoms with Crippen LogP contribution in [-0.2, 0) is 4.74 Å². The van der Waals surface area contributed by atoms with Crippen LogP contribution in [0.25, 0.3) is 5.69 Å². The highest BCUT2D eigenvalue weighted by Crippen LogP contribution is 2.17. The molecule has 2 heterocycles. The number of benzene rings is 1. The minimum absolute atomic E-state index is 0.153. The average Bonchev–Trinajstić information content (AvgIpc) is 3.24. The van der Waals surface area contributed by atoms with Gasteiger partial charge in [-0.3, -0.25) is 4.79 Å². The van der Waals surface area contributed by atoms with Gasteiger partial charge in [-0.1, -0.05) is 18.2 Å². The van der Waals surface area contributed by atoms with E-state index in [2.05, 4.69) is 5.10 Å². The normalized spacial score (nSPS) is 17.0. The van der Waals surface area contributed by atoms with Crippen LogP contribution in [0.1, 0.15) is 27.4 Å². The van der Waals surface area contributed by atoms with Crippen molar-refractivity contribution in [2.75, 3.05) is 26.8 Å². The van der Waals surface area contributed by atoms with Gasteiger partial charge in [0.15, 0.2) is 5.69 Å². The number of carboxylic acid groups (broad SMARTS) is 1. The predicted octanol–water partition coefficient (Wildman–Crippen LogP) is 1.68. The summed E-state index contributed by atoms with van der Waals surface area (Å²) in [6.07, 6.45) is 0.927. The summed E-state index contributed by atoms with van der Waals surface area (Å²) < 4.78 is 6.72. The van der Waals surface area contributed by atoms with Crippen molar-refractivity contribution < 1.29 is 19.4 Å². The molecule has 1 saturated heterocycles. The fourth-order valence-electron chi connectivity index (χ4n) is 2.80. The summed E-state index contributed by atoms with van der Waals surface area (Å²) in [7, 11) is 1.71. The Hall–Kier alpha value is -2.67. The van der Waals surface area contributed by atoms with Gasteiger partial charge in [0.2, 0.25) is 0 Å². The molecule has 1 aliphatic heterocycles. The van der Waals surface area contributed by atoms with Crippen LogP contribution in [0.2, 0.25) is 0 Å². The standard InChI is InChI=1S/C17H19N3O4/c1-19(10-12-7-8-24-11-12)16(21)15-9-14(17(22)23)18-20(15)13-5-3-2-4-6-13/h2-6,9,12H,7-8,10-11H2,1H3,(H,22,23)/t12-/m1/s1. The minimum Gasteiger partial charge on any atom is -0.476 e. The molecule has 24 heavy (non-hydrogen) atoms. The summed E-state index contributed by atoms with van der Waals surface area (Å²) in [6, 6.07) is 10.3. The van der Waals surface area contributed by atoms with Crippen molar-refractivity contribution in [2.45, 2.75) is 6.42 Å². The first-order valence-electron chi connectivity index (χ1n) is 7.78. The largest absolute Gasteiger partial charge is 0.476 e. The van der Waals surface area contributed by atoms with E-state index in [-0.39, 0.29) is 17.3 Å². The van der Waals surface area contributed by atoms with Crippen molar-refractivity contribution in [1.82, 2.24) is 14.7 Å². The van der Waals surface area contributed by atoms with E-state index in [9.17, 15) is 14.7 Å². The number of hydrogen-bond acceptors (Lipinski definition) is 4. The van der Waals surface area contributed by atoms with E-state index in [0.717, 1.165) is 13.0 Å². The maximum Gasteiger partial charge on any atom is 0.356 e. The van der Waals surface area contributed by atoms with Gasteiger partial charge in [0, 0.05) is 32.2 Å².